The van der Waals surface area contributed by atoms with E-state index in [0.717, 1.165) is 40.1 Å². The molecule has 0 fully saturated rings. The Morgan fingerprint density at radius 3 is 2.56 bits per heavy atom. The first kappa shape index (κ1) is 23.7. The number of carboxylic acids is 1. The van der Waals surface area contributed by atoms with Crippen molar-refractivity contribution in [1.82, 2.24) is 9.97 Å². The first-order chi connectivity index (χ1) is 17.4. The van der Waals surface area contributed by atoms with E-state index in [0.29, 0.717) is 29.1 Å². The minimum atomic E-state index is -0.969. The van der Waals surface area contributed by atoms with Gasteiger partial charge in [0.1, 0.15) is 0 Å². The van der Waals surface area contributed by atoms with Gasteiger partial charge in [-0.15, -0.1) is 0 Å². The molecule has 0 saturated heterocycles. The average Bonchev–Trinajstić information content (AvgIpc) is 3.01. The van der Waals surface area contributed by atoms with E-state index in [4.69, 9.17) is 26.7 Å². The number of aromatic nitrogens is 2. The van der Waals surface area contributed by atoms with Crippen molar-refractivity contribution >= 4 is 34.9 Å². The van der Waals surface area contributed by atoms with Gasteiger partial charge in [0.25, 0.3) is 0 Å². The molecular weight excluding hydrogens is 472 g/mol. The van der Waals surface area contributed by atoms with Crippen LogP contribution in [0.15, 0.2) is 77.9 Å². The molecule has 6 nitrogen and oxygen atoms in total. The van der Waals surface area contributed by atoms with Crippen molar-refractivity contribution in [3.8, 4) is 11.3 Å². The molecule has 4 aromatic rings. The van der Waals surface area contributed by atoms with E-state index >= 15 is 0 Å². The van der Waals surface area contributed by atoms with E-state index in [9.17, 15) is 4.79 Å². The summed E-state index contributed by atoms with van der Waals surface area (Å²) in [6, 6.07) is 20.7. The molecule has 0 unspecified atom stereocenters. The van der Waals surface area contributed by atoms with E-state index in [1.165, 1.54) is 5.56 Å². The van der Waals surface area contributed by atoms with Crippen LogP contribution >= 0.6 is 11.6 Å². The molecule has 0 bridgehead atoms. The summed E-state index contributed by atoms with van der Waals surface area (Å²) >= 11 is 6.47. The molecule has 36 heavy (non-hydrogen) atoms. The Morgan fingerprint density at radius 1 is 1.03 bits per heavy atom. The van der Waals surface area contributed by atoms with Crippen molar-refractivity contribution in [3.05, 3.63) is 106 Å². The first-order valence-corrected chi connectivity index (χ1v) is 12.2. The summed E-state index contributed by atoms with van der Waals surface area (Å²) in [6.45, 7) is 4.87. The van der Waals surface area contributed by atoms with E-state index in [-0.39, 0.29) is 5.56 Å². The van der Waals surface area contributed by atoms with Crippen LogP contribution in [0.5, 0.6) is 0 Å². The zero-order valence-electron chi connectivity index (χ0n) is 20.0. The Hall–Kier alpha value is -4.03. The van der Waals surface area contributed by atoms with E-state index in [2.05, 4.69) is 42.3 Å². The Morgan fingerprint density at radius 2 is 1.81 bits per heavy atom. The van der Waals surface area contributed by atoms with Crippen molar-refractivity contribution < 1.29 is 9.90 Å². The van der Waals surface area contributed by atoms with Crippen LogP contribution in [-0.4, -0.2) is 26.8 Å². The van der Waals surface area contributed by atoms with Crippen LogP contribution in [0.1, 0.15) is 46.5 Å². The molecule has 0 spiro atoms. The van der Waals surface area contributed by atoms with E-state index in [1.54, 1.807) is 30.5 Å². The molecule has 2 N–H and O–H groups in total. The number of anilines is 2. The highest BCUT2D eigenvalue weighted by atomic mass is 35.5. The van der Waals surface area contributed by atoms with Gasteiger partial charge in [-0.05, 0) is 54.3 Å². The molecule has 0 amide bonds. The normalized spacial score (nSPS) is 12.4. The number of benzene rings is 3. The van der Waals surface area contributed by atoms with Crippen molar-refractivity contribution in [2.45, 2.75) is 26.8 Å². The third-order valence-electron chi connectivity index (χ3n) is 6.05. The standard InChI is InChI=1S/C29H25ClN4O2/c1-17(2)13-19-5-3-4-6-23(19)27-25-14-21(30)9-12-24(25)26-20(15-31-27)16-32-29(34-26)33-22-10-7-18(8-11-22)28(35)36/h3-12,14,16-17H,13,15H2,1-2H3,(H,35,36)(H,32,33,34). The number of halogens is 1. The lowest BCUT2D eigenvalue weighted by Gasteiger charge is -2.16. The number of hydrogen-bond acceptors (Lipinski definition) is 5. The number of carbonyl (C=O) groups is 1. The number of aromatic carboxylic acids is 1. The van der Waals surface area contributed by atoms with Gasteiger partial charge in [0.15, 0.2) is 0 Å². The van der Waals surface area contributed by atoms with Crippen molar-refractivity contribution in [3.63, 3.8) is 0 Å². The number of fused-ring (bicyclic) bond motifs is 3. The van der Waals surface area contributed by atoms with Crippen molar-refractivity contribution in [2.75, 3.05) is 5.32 Å². The van der Waals surface area contributed by atoms with Crippen molar-refractivity contribution in [2.24, 2.45) is 10.9 Å². The summed E-state index contributed by atoms with van der Waals surface area (Å²) in [7, 11) is 0. The maximum absolute atomic E-state index is 11.1. The number of carboxylic acid groups (broad SMARTS) is 1. The van der Waals surface area contributed by atoms with Gasteiger partial charge in [-0.3, -0.25) is 4.99 Å². The van der Waals surface area contributed by atoms with Gasteiger partial charge < -0.3 is 10.4 Å². The zero-order chi connectivity index (χ0) is 25.2. The second-order valence-corrected chi connectivity index (χ2v) is 9.62. The van der Waals surface area contributed by atoms with Gasteiger partial charge in [-0.25, -0.2) is 14.8 Å². The van der Waals surface area contributed by atoms with Crippen molar-refractivity contribution in [1.29, 1.82) is 0 Å². The summed E-state index contributed by atoms with van der Waals surface area (Å²) in [4.78, 5) is 25.5. The molecule has 1 aromatic heterocycles. The van der Waals surface area contributed by atoms with E-state index in [1.807, 2.05) is 24.3 Å². The minimum Gasteiger partial charge on any atom is -0.478 e. The Labute approximate surface area is 214 Å². The number of aliphatic imine (C=N–C) groups is 1. The third kappa shape index (κ3) is 4.86. The van der Waals surface area contributed by atoms with Gasteiger partial charge in [0.05, 0.1) is 23.5 Å². The van der Waals surface area contributed by atoms with Gasteiger partial charge in [0, 0.05) is 39.2 Å². The molecule has 5 rings (SSSR count). The lowest BCUT2D eigenvalue weighted by molar-refractivity contribution is 0.0697. The monoisotopic (exact) mass is 496 g/mol. The molecule has 0 aliphatic carbocycles. The molecule has 3 aromatic carbocycles. The molecule has 1 aliphatic heterocycles. The molecule has 0 saturated carbocycles. The molecule has 1 aliphatic rings. The summed E-state index contributed by atoms with van der Waals surface area (Å²) in [5.41, 5.74) is 7.77. The zero-order valence-corrected chi connectivity index (χ0v) is 20.8. The van der Waals surface area contributed by atoms with Gasteiger partial charge in [0.2, 0.25) is 5.95 Å². The van der Waals surface area contributed by atoms with Gasteiger partial charge >= 0.3 is 5.97 Å². The van der Waals surface area contributed by atoms with Crippen LogP contribution in [-0.2, 0) is 13.0 Å². The number of hydrogen-bond donors (Lipinski definition) is 2. The smallest absolute Gasteiger partial charge is 0.335 e. The fourth-order valence-electron chi connectivity index (χ4n) is 4.41. The van der Waals surface area contributed by atoms with E-state index < -0.39 is 5.97 Å². The fourth-order valence-corrected chi connectivity index (χ4v) is 4.58. The Bertz CT molecular complexity index is 1480. The van der Waals surface area contributed by atoms with Crippen LogP contribution in [0.3, 0.4) is 0 Å². The second-order valence-electron chi connectivity index (χ2n) is 9.18. The Balaban J connectivity index is 1.57. The lowest BCUT2D eigenvalue weighted by atomic mass is 9.90. The van der Waals surface area contributed by atoms with Crippen LogP contribution < -0.4 is 5.32 Å². The topological polar surface area (TPSA) is 87.5 Å². The maximum Gasteiger partial charge on any atom is 0.335 e. The predicted molar refractivity (Wildman–Crippen MR) is 143 cm³/mol. The molecular formula is C29H25ClN4O2. The summed E-state index contributed by atoms with van der Waals surface area (Å²) < 4.78 is 0. The van der Waals surface area contributed by atoms with Gasteiger partial charge in [-0.1, -0.05) is 55.8 Å². The van der Waals surface area contributed by atoms with Crippen LogP contribution in [0, 0.1) is 5.92 Å². The number of nitrogens with one attached hydrogen (secondary N) is 1. The number of rotatable bonds is 6. The predicted octanol–water partition coefficient (Wildman–Crippen LogP) is 6.79. The second kappa shape index (κ2) is 9.91. The molecule has 180 valence electrons. The third-order valence-corrected chi connectivity index (χ3v) is 6.29. The summed E-state index contributed by atoms with van der Waals surface area (Å²) in [5.74, 6) is -0.0390. The average molecular weight is 497 g/mol. The highest BCUT2D eigenvalue weighted by Gasteiger charge is 2.23. The van der Waals surface area contributed by atoms with Crippen LogP contribution in [0.4, 0.5) is 11.6 Å². The lowest BCUT2D eigenvalue weighted by Crippen LogP contribution is -2.10. The molecule has 0 radical (unpaired) electrons. The SMILES string of the molecule is CC(C)Cc1ccccc1C1=NCc2cnc(Nc3ccc(C(=O)O)cc3)nc2-c2ccc(Cl)cc21. The quantitative estimate of drug-likeness (QED) is 0.307. The number of nitrogens with zero attached hydrogens (tertiary/aromatic N) is 3. The highest BCUT2D eigenvalue weighted by Crippen LogP contribution is 2.34. The molecule has 7 heteroatoms. The van der Waals surface area contributed by atoms with Gasteiger partial charge in [-0.2, -0.15) is 0 Å². The largest absolute Gasteiger partial charge is 0.478 e. The van der Waals surface area contributed by atoms with Crippen LogP contribution in [0.25, 0.3) is 11.3 Å². The summed E-state index contributed by atoms with van der Waals surface area (Å²) in [5, 5.41) is 12.9. The maximum atomic E-state index is 11.1. The minimum absolute atomic E-state index is 0.219. The Kier molecular flexibility index (Phi) is 6.53. The first-order valence-electron chi connectivity index (χ1n) is 11.8. The fraction of sp³-hybridized carbons (Fsp3) is 0.172. The highest BCUT2D eigenvalue weighted by molar-refractivity contribution is 6.31. The molecule has 2 heterocycles. The molecule has 0 atom stereocenters. The van der Waals surface area contributed by atoms with Crippen LogP contribution in [0.2, 0.25) is 5.02 Å². The summed E-state index contributed by atoms with van der Waals surface area (Å²) in [6.07, 6.45) is 2.74.